The van der Waals surface area contributed by atoms with Crippen molar-refractivity contribution in [3.05, 3.63) is 82.5 Å². The first-order valence-electron chi connectivity index (χ1n) is 11.2. The summed E-state index contributed by atoms with van der Waals surface area (Å²) in [5, 5.41) is 20.1. The molecule has 1 heterocycles. The molecule has 0 bridgehead atoms. The zero-order valence-electron chi connectivity index (χ0n) is 19.8. The number of amides is 1. The van der Waals surface area contributed by atoms with Gasteiger partial charge in [-0.15, -0.1) is 0 Å². The van der Waals surface area contributed by atoms with Gasteiger partial charge in [0.1, 0.15) is 11.6 Å². The molecule has 12 heteroatoms. The number of aromatic nitrogens is 1. The lowest BCUT2D eigenvalue weighted by atomic mass is 10.00. The average molecular weight is 523 g/mol. The van der Waals surface area contributed by atoms with Gasteiger partial charge in [-0.25, -0.2) is 17.2 Å². The molecule has 0 aliphatic carbocycles. The van der Waals surface area contributed by atoms with E-state index in [4.69, 9.17) is 4.52 Å². The summed E-state index contributed by atoms with van der Waals surface area (Å²) in [6, 6.07) is 11.0. The van der Waals surface area contributed by atoms with Gasteiger partial charge in [0.2, 0.25) is 15.9 Å². The number of aliphatic hydroxyl groups excluding tert-OH is 1. The van der Waals surface area contributed by atoms with Crippen molar-refractivity contribution in [2.24, 2.45) is 0 Å². The Morgan fingerprint density at radius 3 is 2.44 bits per heavy atom. The van der Waals surface area contributed by atoms with Crippen LogP contribution in [0.25, 0.3) is 0 Å². The Balaban J connectivity index is 1.71. The van der Waals surface area contributed by atoms with Gasteiger partial charge in [-0.2, -0.15) is 0 Å². The first-order chi connectivity index (χ1) is 17.0. The smallest absolute Gasteiger partial charge is 0.273 e. The van der Waals surface area contributed by atoms with Crippen LogP contribution in [0.1, 0.15) is 34.1 Å². The summed E-state index contributed by atoms with van der Waals surface area (Å²) >= 11 is 0. The number of halogens is 2. The molecule has 1 amide bonds. The molecule has 2 unspecified atom stereocenters. The minimum atomic E-state index is -3.65. The van der Waals surface area contributed by atoms with E-state index in [2.05, 4.69) is 20.5 Å². The summed E-state index contributed by atoms with van der Waals surface area (Å²) in [4.78, 5) is 12.7. The van der Waals surface area contributed by atoms with Crippen LogP contribution in [-0.2, 0) is 29.4 Å². The lowest BCUT2D eigenvalue weighted by Gasteiger charge is -2.24. The molecule has 0 spiro atoms. The van der Waals surface area contributed by atoms with Crippen LogP contribution in [0.4, 0.5) is 14.7 Å². The Hall–Kier alpha value is -3.35. The van der Waals surface area contributed by atoms with Crippen molar-refractivity contribution in [3.63, 3.8) is 0 Å². The first-order valence-corrected chi connectivity index (χ1v) is 13.1. The summed E-state index contributed by atoms with van der Waals surface area (Å²) in [5.41, 5.74) is 2.17. The molecule has 194 valence electrons. The average Bonchev–Trinajstić information content (AvgIpc) is 3.25. The molecule has 3 aromatic rings. The third-order valence-electron chi connectivity index (χ3n) is 5.27. The number of hydrogen-bond acceptors (Lipinski definition) is 7. The molecule has 0 saturated heterocycles. The fourth-order valence-corrected chi connectivity index (χ4v) is 4.05. The fraction of sp³-hybridized carbons (Fsp3) is 0.333. The van der Waals surface area contributed by atoms with Crippen molar-refractivity contribution < 1.29 is 31.6 Å². The summed E-state index contributed by atoms with van der Waals surface area (Å²) in [6.45, 7) is 2.58. The Morgan fingerprint density at radius 2 is 1.78 bits per heavy atom. The number of carbonyl (C=O) groups is 1. The number of carbonyl (C=O) groups excluding carboxylic acids is 1. The molecule has 0 aliphatic rings. The van der Waals surface area contributed by atoms with Gasteiger partial charge in [-0.05, 0) is 41.7 Å². The van der Waals surface area contributed by atoms with Crippen LogP contribution in [-0.4, -0.2) is 49.5 Å². The third-order valence-corrected chi connectivity index (χ3v) is 5.84. The van der Waals surface area contributed by atoms with Crippen molar-refractivity contribution >= 4 is 21.8 Å². The van der Waals surface area contributed by atoms with Crippen molar-refractivity contribution in [3.8, 4) is 0 Å². The number of nitrogens with zero attached hydrogens (tertiary/aromatic N) is 1. The zero-order valence-corrected chi connectivity index (χ0v) is 20.6. The molecule has 9 nitrogen and oxygen atoms in total. The van der Waals surface area contributed by atoms with Crippen LogP contribution in [0.3, 0.4) is 0 Å². The van der Waals surface area contributed by atoms with Gasteiger partial charge >= 0.3 is 0 Å². The van der Waals surface area contributed by atoms with Crippen molar-refractivity contribution in [2.75, 3.05) is 17.5 Å². The first kappa shape index (κ1) is 27.2. The van der Waals surface area contributed by atoms with Gasteiger partial charge in [0.15, 0.2) is 5.69 Å². The second kappa shape index (κ2) is 12.1. The van der Waals surface area contributed by atoms with Crippen LogP contribution >= 0.6 is 0 Å². The highest BCUT2D eigenvalue weighted by atomic mass is 32.2. The summed E-state index contributed by atoms with van der Waals surface area (Å²) < 4.78 is 57.0. The fourth-order valence-electron chi connectivity index (χ4n) is 3.59. The second-order valence-electron chi connectivity index (χ2n) is 8.38. The molecular weight excluding hydrogens is 494 g/mol. The quantitative estimate of drug-likeness (QED) is 0.287. The van der Waals surface area contributed by atoms with Crippen molar-refractivity contribution in [2.45, 2.75) is 38.5 Å². The van der Waals surface area contributed by atoms with E-state index in [0.29, 0.717) is 6.54 Å². The maximum atomic E-state index is 13.7. The minimum Gasteiger partial charge on any atom is -0.390 e. The minimum absolute atomic E-state index is 0.0683. The van der Waals surface area contributed by atoms with Crippen molar-refractivity contribution in [1.29, 1.82) is 0 Å². The molecule has 3 rings (SSSR count). The number of nitrogens with one attached hydrogen (secondary N) is 3. The number of aryl methyl sites for hydroxylation is 1. The Morgan fingerprint density at radius 1 is 1.08 bits per heavy atom. The van der Waals surface area contributed by atoms with Crippen LogP contribution in [0.2, 0.25) is 0 Å². The summed E-state index contributed by atoms with van der Waals surface area (Å²) in [6.07, 6.45) is 0.569. The highest BCUT2D eigenvalue weighted by Crippen LogP contribution is 2.15. The molecule has 0 radical (unpaired) electrons. The number of aliphatic hydroxyl groups is 1. The standard InChI is InChI=1S/C24H28F2N4O5S/c1-3-15-5-4-6-16(7-15)13-27-14-22(31)20(10-17-8-18(25)11-19(26)9-17)28-24(32)21-12-23(35-29-21)30-36(2,33)34/h4-9,11-12,20,22,27,30-31H,3,10,13-14H2,1-2H3,(H,28,32). The number of rotatable bonds is 12. The lowest BCUT2D eigenvalue weighted by Crippen LogP contribution is -2.48. The van der Waals surface area contributed by atoms with Crippen molar-refractivity contribution in [1.82, 2.24) is 15.8 Å². The lowest BCUT2D eigenvalue weighted by molar-refractivity contribution is 0.0821. The summed E-state index contributed by atoms with van der Waals surface area (Å²) in [7, 11) is -3.65. The molecule has 0 saturated carbocycles. The maximum Gasteiger partial charge on any atom is 0.273 e. The molecule has 1 aromatic heterocycles. The number of hydrogen-bond donors (Lipinski definition) is 4. The van der Waals surface area contributed by atoms with E-state index in [1.807, 2.05) is 31.2 Å². The van der Waals surface area contributed by atoms with Crippen LogP contribution < -0.4 is 15.4 Å². The number of anilines is 1. The maximum absolute atomic E-state index is 13.7. The molecule has 4 N–H and O–H groups in total. The zero-order chi connectivity index (χ0) is 26.3. The number of benzene rings is 2. The molecule has 0 aliphatic heterocycles. The summed E-state index contributed by atoms with van der Waals surface area (Å²) in [5.74, 6) is -2.60. The normalized spacial score (nSPS) is 13.2. The predicted molar refractivity (Wildman–Crippen MR) is 130 cm³/mol. The molecule has 2 aromatic carbocycles. The molecule has 0 fully saturated rings. The Kier molecular flexibility index (Phi) is 9.13. The van der Waals surface area contributed by atoms with Gasteiger partial charge in [0, 0.05) is 25.2 Å². The monoisotopic (exact) mass is 522 g/mol. The van der Waals surface area contributed by atoms with Gasteiger partial charge in [0.25, 0.3) is 5.91 Å². The highest BCUT2D eigenvalue weighted by Gasteiger charge is 2.25. The molecule has 36 heavy (non-hydrogen) atoms. The van der Waals surface area contributed by atoms with Crippen LogP contribution in [0.5, 0.6) is 0 Å². The van der Waals surface area contributed by atoms with E-state index in [0.717, 1.165) is 42.5 Å². The largest absolute Gasteiger partial charge is 0.390 e. The highest BCUT2D eigenvalue weighted by molar-refractivity contribution is 7.92. The van der Waals surface area contributed by atoms with Gasteiger partial charge < -0.3 is 20.3 Å². The van der Waals surface area contributed by atoms with E-state index in [1.54, 1.807) is 0 Å². The van der Waals surface area contributed by atoms with Crippen LogP contribution in [0, 0.1) is 11.6 Å². The predicted octanol–water partition coefficient (Wildman–Crippen LogP) is 2.38. The van der Waals surface area contributed by atoms with E-state index in [9.17, 15) is 27.1 Å². The van der Waals surface area contributed by atoms with Gasteiger partial charge in [-0.1, -0.05) is 36.3 Å². The second-order valence-corrected chi connectivity index (χ2v) is 10.1. The van der Waals surface area contributed by atoms with E-state index in [1.165, 1.54) is 5.56 Å². The molecule has 2 atom stereocenters. The number of sulfonamides is 1. The Labute approximate surface area is 207 Å². The van der Waals surface area contributed by atoms with Crippen LogP contribution in [0.15, 0.2) is 53.1 Å². The van der Waals surface area contributed by atoms with Gasteiger partial charge in [-0.3, -0.25) is 9.52 Å². The Bertz CT molecular complexity index is 1280. The van der Waals surface area contributed by atoms with E-state index >= 15 is 0 Å². The van der Waals surface area contributed by atoms with E-state index in [-0.39, 0.29) is 30.1 Å². The molecular formula is C24H28F2N4O5S. The SMILES string of the molecule is CCc1cccc(CNCC(O)C(Cc2cc(F)cc(F)c2)NC(=O)c2cc(NS(C)(=O)=O)on2)c1. The topological polar surface area (TPSA) is 134 Å². The van der Waals surface area contributed by atoms with E-state index < -0.39 is 39.7 Å². The van der Waals surface area contributed by atoms with Gasteiger partial charge in [0.05, 0.1) is 18.4 Å². The third kappa shape index (κ3) is 8.40.